The van der Waals surface area contributed by atoms with E-state index in [9.17, 15) is 13.2 Å². The summed E-state index contributed by atoms with van der Waals surface area (Å²) in [6.45, 7) is 1.92. The summed E-state index contributed by atoms with van der Waals surface area (Å²) >= 11 is 0. The second kappa shape index (κ2) is 5.06. The average Bonchev–Trinajstić information content (AvgIpc) is 2.92. The second-order valence-electron chi connectivity index (χ2n) is 5.65. The van der Waals surface area contributed by atoms with Crippen LogP contribution in [-0.4, -0.2) is 14.8 Å². The molecule has 0 N–H and O–H groups in total. The highest BCUT2D eigenvalue weighted by molar-refractivity contribution is 5.93. The fourth-order valence-corrected chi connectivity index (χ4v) is 2.76. The monoisotopic (exact) mass is 327 g/mol. The van der Waals surface area contributed by atoms with Crippen LogP contribution in [0.3, 0.4) is 0 Å². The van der Waals surface area contributed by atoms with E-state index in [0.29, 0.717) is 16.6 Å². The fraction of sp³-hybridized carbons (Fsp3) is 0.111. The van der Waals surface area contributed by atoms with Crippen molar-refractivity contribution < 1.29 is 13.2 Å². The van der Waals surface area contributed by atoms with Crippen LogP contribution in [0.5, 0.6) is 0 Å². The summed E-state index contributed by atoms with van der Waals surface area (Å²) < 4.78 is 41.5. The highest BCUT2D eigenvalue weighted by Gasteiger charge is 2.37. The molecule has 0 spiro atoms. The van der Waals surface area contributed by atoms with Gasteiger partial charge >= 0.3 is 6.18 Å². The van der Waals surface area contributed by atoms with Crippen molar-refractivity contribution in [1.29, 1.82) is 0 Å². The molecule has 0 saturated carbocycles. The average molecular weight is 327 g/mol. The first-order valence-electron chi connectivity index (χ1n) is 7.36. The number of alkyl halides is 3. The van der Waals surface area contributed by atoms with Crippen molar-refractivity contribution in [2.45, 2.75) is 13.1 Å². The third kappa shape index (κ3) is 2.31. The topological polar surface area (TPSA) is 30.7 Å². The van der Waals surface area contributed by atoms with Crippen LogP contribution in [0, 0.1) is 6.92 Å². The quantitative estimate of drug-likeness (QED) is 0.498. The molecule has 3 nitrogen and oxygen atoms in total. The normalized spacial score (nSPS) is 12.2. The Labute approximate surface area is 135 Å². The van der Waals surface area contributed by atoms with Gasteiger partial charge in [-0.15, -0.1) is 0 Å². The Morgan fingerprint density at radius 3 is 2.42 bits per heavy atom. The zero-order chi connectivity index (χ0) is 16.9. The standard InChI is InChI=1S/C18H12F3N3/c1-11-7-8-12-10-14-16(18(19,20)21)23-24(13-5-3-2-4-6-13)17(14)22-15(12)9-11/h2-10H,1H3. The molecule has 0 aliphatic carbocycles. The molecule has 2 heterocycles. The Bertz CT molecular complexity index is 1050. The van der Waals surface area contributed by atoms with Crippen LogP contribution >= 0.6 is 0 Å². The smallest absolute Gasteiger partial charge is 0.228 e. The highest BCUT2D eigenvalue weighted by Crippen LogP contribution is 2.35. The summed E-state index contributed by atoms with van der Waals surface area (Å²) in [7, 11) is 0. The molecule has 0 atom stereocenters. The van der Waals surface area contributed by atoms with Crippen LogP contribution in [0.1, 0.15) is 11.3 Å². The largest absolute Gasteiger partial charge is 0.435 e. The summed E-state index contributed by atoms with van der Waals surface area (Å²) in [5, 5.41) is 4.47. The maximum absolute atomic E-state index is 13.4. The zero-order valence-corrected chi connectivity index (χ0v) is 12.7. The van der Waals surface area contributed by atoms with Gasteiger partial charge < -0.3 is 0 Å². The van der Waals surface area contributed by atoms with E-state index in [1.165, 1.54) is 10.7 Å². The lowest BCUT2D eigenvalue weighted by Crippen LogP contribution is -2.07. The Kier molecular flexibility index (Phi) is 3.09. The molecule has 2 aromatic heterocycles. The van der Waals surface area contributed by atoms with Crippen molar-refractivity contribution in [2.75, 3.05) is 0 Å². The number of rotatable bonds is 1. The van der Waals surface area contributed by atoms with Gasteiger partial charge in [0.2, 0.25) is 0 Å². The Morgan fingerprint density at radius 1 is 0.958 bits per heavy atom. The molecular formula is C18H12F3N3. The van der Waals surface area contributed by atoms with Crippen LogP contribution in [0.25, 0.3) is 27.6 Å². The Balaban J connectivity index is 2.12. The molecule has 4 aromatic rings. The van der Waals surface area contributed by atoms with Gasteiger partial charge in [0.25, 0.3) is 0 Å². The molecule has 24 heavy (non-hydrogen) atoms. The Morgan fingerprint density at radius 2 is 1.71 bits per heavy atom. The lowest BCUT2D eigenvalue weighted by molar-refractivity contribution is -0.140. The Hall–Kier alpha value is -2.89. The molecule has 0 bridgehead atoms. The zero-order valence-electron chi connectivity index (χ0n) is 12.7. The number of halogens is 3. The first kappa shape index (κ1) is 14.7. The van der Waals surface area contributed by atoms with Crippen molar-refractivity contribution >= 4 is 21.9 Å². The predicted molar refractivity (Wildman–Crippen MR) is 86.1 cm³/mol. The van der Waals surface area contributed by atoms with E-state index in [-0.39, 0.29) is 11.0 Å². The minimum absolute atomic E-state index is 0.00251. The van der Waals surface area contributed by atoms with E-state index in [2.05, 4.69) is 10.1 Å². The number of benzene rings is 2. The molecule has 0 fully saturated rings. The van der Waals surface area contributed by atoms with Crippen molar-refractivity contribution in [3.8, 4) is 5.69 Å². The molecule has 4 rings (SSSR count). The lowest BCUT2D eigenvalue weighted by Gasteiger charge is -2.04. The SMILES string of the molecule is Cc1ccc2cc3c(C(F)(F)F)nn(-c4ccccc4)c3nc2c1. The van der Waals surface area contributed by atoms with Crippen molar-refractivity contribution in [3.63, 3.8) is 0 Å². The molecule has 120 valence electrons. The number of nitrogens with zero attached hydrogens (tertiary/aromatic N) is 3. The first-order valence-corrected chi connectivity index (χ1v) is 7.36. The fourth-order valence-electron chi connectivity index (χ4n) is 2.76. The van der Waals surface area contributed by atoms with E-state index < -0.39 is 11.9 Å². The van der Waals surface area contributed by atoms with Crippen molar-refractivity contribution in [1.82, 2.24) is 14.8 Å². The molecule has 0 radical (unpaired) electrons. The van der Waals surface area contributed by atoms with Gasteiger partial charge in [0, 0.05) is 5.39 Å². The molecule has 0 aliphatic rings. The molecule has 2 aromatic carbocycles. The van der Waals surface area contributed by atoms with Gasteiger partial charge in [0.05, 0.1) is 16.6 Å². The number of aryl methyl sites for hydroxylation is 1. The predicted octanol–water partition coefficient (Wildman–Crippen LogP) is 4.90. The number of hydrogen-bond acceptors (Lipinski definition) is 2. The summed E-state index contributed by atoms with van der Waals surface area (Å²) in [5.41, 5.74) is 1.46. The van der Waals surface area contributed by atoms with Crippen molar-refractivity contribution in [3.05, 3.63) is 65.9 Å². The van der Waals surface area contributed by atoms with Gasteiger partial charge in [-0.25, -0.2) is 9.67 Å². The van der Waals surface area contributed by atoms with E-state index in [0.717, 1.165) is 5.56 Å². The van der Waals surface area contributed by atoms with E-state index in [1.54, 1.807) is 36.4 Å². The third-order valence-corrected chi connectivity index (χ3v) is 3.88. The summed E-state index contributed by atoms with van der Waals surface area (Å²) in [6.07, 6.45) is -4.54. The minimum atomic E-state index is -4.54. The van der Waals surface area contributed by atoms with Crippen LogP contribution in [0.2, 0.25) is 0 Å². The molecular weight excluding hydrogens is 315 g/mol. The molecule has 0 amide bonds. The maximum Gasteiger partial charge on any atom is 0.435 e. The lowest BCUT2D eigenvalue weighted by atomic mass is 10.1. The van der Waals surface area contributed by atoms with E-state index in [1.807, 2.05) is 19.1 Å². The first-order chi connectivity index (χ1) is 11.4. The van der Waals surface area contributed by atoms with E-state index in [4.69, 9.17) is 0 Å². The maximum atomic E-state index is 13.4. The summed E-state index contributed by atoms with van der Waals surface area (Å²) in [6, 6.07) is 15.7. The molecule has 0 unspecified atom stereocenters. The van der Waals surface area contributed by atoms with Gasteiger partial charge in [-0.1, -0.05) is 30.3 Å². The van der Waals surface area contributed by atoms with E-state index >= 15 is 0 Å². The van der Waals surface area contributed by atoms with Crippen LogP contribution < -0.4 is 0 Å². The summed E-state index contributed by atoms with van der Waals surface area (Å²) in [4.78, 5) is 4.45. The van der Waals surface area contributed by atoms with Crippen LogP contribution in [0.15, 0.2) is 54.6 Å². The minimum Gasteiger partial charge on any atom is -0.228 e. The van der Waals surface area contributed by atoms with Gasteiger partial charge in [0.15, 0.2) is 11.3 Å². The van der Waals surface area contributed by atoms with Gasteiger partial charge in [-0.2, -0.15) is 18.3 Å². The molecule has 0 saturated heterocycles. The second-order valence-corrected chi connectivity index (χ2v) is 5.65. The number of fused-ring (bicyclic) bond motifs is 2. The van der Waals surface area contributed by atoms with Gasteiger partial charge in [-0.05, 0) is 36.8 Å². The van der Waals surface area contributed by atoms with Crippen LogP contribution in [-0.2, 0) is 6.18 Å². The number of hydrogen-bond donors (Lipinski definition) is 0. The number of para-hydroxylation sites is 1. The number of pyridine rings is 1. The summed E-state index contributed by atoms with van der Waals surface area (Å²) in [5.74, 6) is 0. The third-order valence-electron chi connectivity index (χ3n) is 3.88. The van der Waals surface area contributed by atoms with Crippen molar-refractivity contribution in [2.24, 2.45) is 0 Å². The van der Waals surface area contributed by atoms with Gasteiger partial charge in [0.1, 0.15) is 0 Å². The van der Waals surface area contributed by atoms with Gasteiger partial charge in [-0.3, -0.25) is 0 Å². The molecule has 6 heteroatoms. The van der Waals surface area contributed by atoms with Crippen LogP contribution in [0.4, 0.5) is 13.2 Å². The highest BCUT2D eigenvalue weighted by atomic mass is 19.4. The molecule has 0 aliphatic heterocycles. The number of aromatic nitrogens is 3.